The lowest BCUT2D eigenvalue weighted by molar-refractivity contribution is 0.628. The first-order valence-electron chi connectivity index (χ1n) is 7.87. The van der Waals surface area contributed by atoms with E-state index in [0.29, 0.717) is 18.3 Å². The topological polar surface area (TPSA) is 62.2 Å². The lowest BCUT2D eigenvalue weighted by atomic mass is 10.2. The smallest absolute Gasteiger partial charge is 0.225 e. The van der Waals surface area contributed by atoms with Crippen molar-refractivity contribution in [3.8, 4) is 0 Å². The van der Waals surface area contributed by atoms with Crippen LogP contribution < -0.4 is 10.7 Å². The van der Waals surface area contributed by atoms with E-state index < -0.39 is 0 Å². The van der Waals surface area contributed by atoms with Gasteiger partial charge in [-0.2, -0.15) is 10.1 Å². The molecule has 0 fully saturated rings. The van der Waals surface area contributed by atoms with Gasteiger partial charge >= 0.3 is 0 Å². The highest BCUT2D eigenvalue weighted by atomic mass is 19.1. The highest BCUT2D eigenvalue weighted by molar-refractivity contribution is 5.79. The molecule has 3 rings (SSSR count). The second kappa shape index (κ2) is 8.01. The molecule has 0 bridgehead atoms. The van der Waals surface area contributed by atoms with Crippen LogP contribution in [0.1, 0.15) is 16.8 Å². The van der Waals surface area contributed by atoms with Gasteiger partial charge in [0.2, 0.25) is 5.95 Å². The molecular weight excluding hydrogens is 317 g/mol. The molecule has 0 unspecified atom stereocenters. The Morgan fingerprint density at radius 2 is 1.80 bits per heavy atom. The van der Waals surface area contributed by atoms with E-state index in [1.165, 1.54) is 12.1 Å². The number of nitrogens with zero attached hydrogens (tertiary/aromatic N) is 3. The summed E-state index contributed by atoms with van der Waals surface area (Å²) in [6.07, 6.45) is 1.61. The number of rotatable bonds is 6. The van der Waals surface area contributed by atoms with Gasteiger partial charge in [-0.3, -0.25) is 5.43 Å². The maximum absolute atomic E-state index is 12.9. The summed E-state index contributed by atoms with van der Waals surface area (Å²) >= 11 is 0. The lowest BCUT2D eigenvalue weighted by Gasteiger charge is -2.08. The zero-order valence-electron chi connectivity index (χ0n) is 13.8. The van der Waals surface area contributed by atoms with Crippen LogP contribution in [0.5, 0.6) is 0 Å². The van der Waals surface area contributed by atoms with Gasteiger partial charge in [0, 0.05) is 18.3 Å². The zero-order valence-corrected chi connectivity index (χ0v) is 13.8. The van der Waals surface area contributed by atoms with Crippen molar-refractivity contribution < 1.29 is 4.39 Å². The molecule has 0 radical (unpaired) electrons. The van der Waals surface area contributed by atoms with Crippen LogP contribution in [0.15, 0.2) is 65.8 Å². The van der Waals surface area contributed by atoms with Crippen LogP contribution in [-0.2, 0) is 6.54 Å². The fourth-order valence-electron chi connectivity index (χ4n) is 2.20. The summed E-state index contributed by atoms with van der Waals surface area (Å²) in [5, 5.41) is 7.33. The molecule has 1 heterocycles. The van der Waals surface area contributed by atoms with Gasteiger partial charge in [-0.25, -0.2) is 9.37 Å². The Kier molecular flexibility index (Phi) is 5.31. The van der Waals surface area contributed by atoms with E-state index in [4.69, 9.17) is 0 Å². The molecule has 0 aliphatic carbocycles. The number of aromatic nitrogens is 2. The number of hydrazone groups is 1. The van der Waals surface area contributed by atoms with Crippen LogP contribution in [0.25, 0.3) is 0 Å². The first kappa shape index (κ1) is 16.6. The SMILES string of the molecule is Cc1cc(NN=Cc2ccc(F)cc2)nc(NCc2ccccc2)n1. The molecule has 6 heteroatoms. The van der Waals surface area contributed by atoms with Crippen molar-refractivity contribution in [3.63, 3.8) is 0 Å². The Hall–Kier alpha value is -3.28. The summed E-state index contributed by atoms with van der Waals surface area (Å²) in [6.45, 7) is 2.53. The van der Waals surface area contributed by atoms with E-state index in [1.54, 1.807) is 24.4 Å². The molecule has 0 saturated carbocycles. The fraction of sp³-hybridized carbons (Fsp3) is 0.105. The van der Waals surface area contributed by atoms with E-state index in [9.17, 15) is 4.39 Å². The number of benzene rings is 2. The molecule has 126 valence electrons. The average Bonchev–Trinajstić information content (AvgIpc) is 2.62. The van der Waals surface area contributed by atoms with Crippen LogP contribution in [0, 0.1) is 12.7 Å². The van der Waals surface area contributed by atoms with E-state index in [2.05, 4.69) is 25.8 Å². The summed E-state index contributed by atoms with van der Waals surface area (Å²) < 4.78 is 12.9. The van der Waals surface area contributed by atoms with Crippen LogP contribution >= 0.6 is 0 Å². The first-order chi connectivity index (χ1) is 12.2. The van der Waals surface area contributed by atoms with Crippen molar-refractivity contribution in [2.75, 3.05) is 10.7 Å². The molecular formula is C19H18FN5. The number of hydrogen-bond donors (Lipinski definition) is 2. The normalized spacial score (nSPS) is 10.8. The van der Waals surface area contributed by atoms with Crippen LogP contribution in [0.3, 0.4) is 0 Å². The Bertz CT molecular complexity index is 847. The average molecular weight is 335 g/mol. The number of hydrogen-bond acceptors (Lipinski definition) is 5. The Morgan fingerprint density at radius 1 is 1.04 bits per heavy atom. The maximum Gasteiger partial charge on any atom is 0.225 e. The minimum Gasteiger partial charge on any atom is -0.350 e. The maximum atomic E-state index is 12.9. The molecule has 0 atom stereocenters. The Labute approximate surface area is 145 Å². The fourth-order valence-corrected chi connectivity index (χ4v) is 2.20. The van der Waals surface area contributed by atoms with Crippen molar-refractivity contribution in [3.05, 3.63) is 83.3 Å². The third kappa shape index (κ3) is 5.10. The summed E-state index contributed by atoms with van der Waals surface area (Å²) in [6, 6.07) is 17.9. The van der Waals surface area contributed by atoms with Crippen molar-refractivity contribution in [2.24, 2.45) is 5.10 Å². The third-order valence-corrected chi connectivity index (χ3v) is 3.41. The van der Waals surface area contributed by atoms with Crippen LogP contribution in [0.2, 0.25) is 0 Å². The number of aryl methyl sites for hydroxylation is 1. The minimum absolute atomic E-state index is 0.273. The highest BCUT2D eigenvalue weighted by Crippen LogP contribution is 2.11. The quantitative estimate of drug-likeness (QED) is 0.528. The second-order valence-corrected chi connectivity index (χ2v) is 5.48. The Balaban J connectivity index is 1.63. The number of nitrogens with one attached hydrogen (secondary N) is 2. The Morgan fingerprint density at radius 3 is 2.56 bits per heavy atom. The standard InChI is InChI=1S/C19H18FN5/c1-14-11-18(25-22-13-16-7-9-17(20)10-8-16)24-19(23-14)21-12-15-5-3-2-4-6-15/h2-11,13H,12H2,1H3,(H2,21,23,24,25). The van der Waals surface area contributed by atoms with Crippen LogP contribution in [-0.4, -0.2) is 16.2 Å². The summed E-state index contributed by atoms with van der Waals surface area (Å²) in [4.78, 5) is 8.76. The molecule has 0 saturated heterocycles. The molecule has 0 spiro atoms. The van der Waals surface area contributed by atoms with Gasteiger partial charge in [-0.15, -0.1) is 0 Å². The molecule has 2 N–H and O–H groups in total. The monoisotopic (exact) mass is 335 g/mol. The van der Waals surface area contributed by atoms with E-state index in [0.717, 1.165) is 16.8 Å². The predicted octanol–water partition coefficient (Wildman–Crippen LogP) is 3.98. The van der Waals surface area contributed by atoms with Crippen molar-refractivity contribution in [1.29, 1.82) is 0 Å². The number of anilines is 2. The number of halogens is 1. The molecule has 5 nitrogen and oxygen atoms in total. The van der Waals surface area contributed by atoms with Crippen molar-refractivity contribution in [1.82, 2.24) is 9.97 Å². The second-order valence-electron chi connectivity index (χ2n) is 5.48. The van der Waals surface area contributed by atoms with Gasteiger partial charge in [0.1, 0.15) is 5.82 Å². The minimum atomic E-state index is -0.273. The predicted molar refractivity (Wildman–Crippen MR) is 98.2 cm³/mol. The molecule has 2 aromatic carbocycles. The van der Waals surface area contributed by atoms with Crippen molar-refractivity contribution >= 4 is 18.0 Å². The largest absolute Gasteiger partial charge is 0.350 e. The molecule has 3 aromatic rings. The lowest BCUT2D eigenvalue weighted by Crippen LogP contribution is -2.06. The van der Waals surface area contributed by atoms with Crippen molar-refractivity contribution in [2.45, 2.75) is 13.5 Å². The van der Waals surface area contributed by atoms with Gasteiger partial charge < -0.3 is 5.32 Å². The zero-order chi connectivity index (χ0) is 17.5. The van der Waals surface area contributed by atoms with Crippen LogP contribution in [0.4, 0.5) is 16.2 Å². The van der Waals surface area contributed by atoms with Gasteiger partial charge in [0.05, 0.1) is 6.21 Å². The van der Waals surface area contributed by atoms with Gasteiger partial charge in [0.25, 0.3) is 0 Å². The molecule has 1 aromatic heterocycles. The van der Waals surface area contributed by atoms with Gasteiger partial charge in [-0.1, -0.05) is 42.5 Å². The van der Waals surface area contributed by atoms with Gasteiger partial charge in [-0.05, 0) is 30.2 Å². The van der Waals surface area contributed by atoms with E-state index >= 15 is 0 Å². The summed E-state index contributed by atoms with van der Waals surface area (Å²) in [5.41, 5.74) is 5.64. The molecule has 0 amide bonds. The molecule has 0 aliphatic heterocycles. The summed E-state index contributed by atoms with van der Waals surface area (Å²) in [5.74, 6) is 0.843. The first-order valence-corrected chi connectivity index (χ1v) is 7.87. The van der Waals surface area contributed by atoms with E-state index in [-0.39, 0.29) is 5.82 Å². The van der Waals surface area contributed by atoms with E-state index in [1.807, 2.05) is 37.3 Å². The summed E-state index contributed by atoms with van der Waals surface area (Å²) in [7, 11) is 0. The van der Waals surface area contributed by atoms with Gasteiger partial charge in [0.15, 0.2) is 5.82 Å². The molecule has 25 heavy (non-hydrogen) atoms. The third-order valence-electron chi connectivity index (χ3n) is 3.41. The highest BCUT2D eigenvalue weighted by Gasteiger charge is 2.01. The molecule has 0 aliphatic rings.